The van der Waals surface area contributed by atoms with Gasteiger partial charge in [-0.3, -0.25) is 4.79 Å². The topological polar surface area (TPSA) is 97.4 Å². The molecule has 1 atom stereocenters. The van der Waals surface area contributed by atoms with Gasteiger partial charge >= 0.3 is 0 Å². The van der Waals surface area contributed by atoms with E-state index in [1.807, 2.05) is 31.2 Å². The molecule has 0 saturated carbocycles. The fourth-order valence-corrected chi connectivity index (χ4v) is 6.46. The molecule has 9 nitrogen and oxygen atoms in total. The van der Waals surface area contributed by atoms with Gasteiger partial charge in [0, 0.05) is 45.6 Å². The summed E-state index contributed by atoms with van der Waals surface area (Å²) in [5.74, 6) is -0.182. The highest BCUT2D eigenvalue weighted by Gasteiger charge is 2.44. The van der Waals surface area contributed by atoms with Gasteiger partial charge in [0.15, 0.2) is 5.79 Å². The Morgan fingerprint density at radius 3 is 2.48 bits per heavy atom. The van der Waals surface area contributed by atoms with Crippen molar-refractivity contribution < 1.29 is 27.4 Å². The van der Waals surface area contributed by atoms with E-state index in [9.17, 15) is 13.2 Å². The van der Waals surface area contributed by atoms with Crippen molar-refractivity contribution in [2.75, 3.05) is 52.5 Å². The number of hydrogen-bond acceptors (Lipinski definition) is 6. The average molecular weight is 482 g/mol. The molecule has 1 amide bonds. The lowest BCUT2D eigenvalue weighted by Crippen LogP contribution is -2.54. The van der Waals surface area contributed by atoms with Crippen molar-refractivity contribution >= 4 is 16.1 Å². The van der Waals surface area contributed by atoms with Crippen LogP contribution in [-0.4, -0.2) is 81.3 Å². The van der Waals surface area contributed by atoms with Gasteiger partial charge in [-0.05, 0) is 43.9 Å². The summed E-state index contributed by atoms with van der Waals surface area (Å²) in [6.45, 7) is 5.65. The summed E-state index contributed by atoms with van der Waals surface area (Å²) in [4.78, 5) is 12.7. The molecule has 33 heavy (non-hydrogen) atoms. The molecule has 1 spiro atoms. The van der Waals surface area contributed by atoms with E-state index in [0.717, 1.165) is 11.3 Å². The normalized spacial score (nSPS) is 24.1. The number of piperidine rings is 2. The van der Waals surface area contributed by atoms with Crippen molar-refractivity contribution in [2.45, 2.75) is 44.8 Å². The molecular formula is C23H35N3O6S. The minimum Gasteiger partial charge on any atom is -0.494 e. The third-order valence-corrected chi connectivity index (χ3v) is 8.65. The lowest BCUT2D eigenvalue weighted by atomic mass is 9.99. The van der Waals surface area contributed by atoms with E-state index in [2.05, 4.69) is 5.32 Å². The molecule has 3 aliphatic rings. The van der Waals surface area contributed by atoms with E-state index in [4.69, 9.17) is 14.2 Å². The first kappa shape index (κ1) is 24.4. The number of nitrogens with zero attached hydrogens (tertiary/aromatic N) is 2. The summed E-state index contributed by atoms with van der Waals surface area (Å²) in [7, 11) is -3.61. The summed E-state index contributed by atoms with van der Waals surface area (Å²) in [6.07, 6.45) is 3.17. The second kappa shape index (κ2) is 10.7. The van der Waals surface area contributed by atoms with Crippen molar-refractivity contribution in [2.24, 2.45) is 5.92 Å². The molecule has 1 aromatic rings. The Labute approximate surface area is 196 Å². The van der Waals surface area contributed by atoms with E-state index in [0.29, 0.717) is 78.1 Å². The molecule has 3 saturated heterocycles. The van der Waals surface area contributed by atoms with Gasteiger partial charge in [0.25, 0.3) is 10.2 Å². The molecule has 0 aromatic heterocycles. The van der Waals surface area contributed by atoms with Gasteiger partial charge in [-0.15, -0.1) is 0 Å². The van der Waals surface area contributed by atoms with Crippen LogP contribution < -0.4 is 10.1 Å². The van der Waals surface area contributed by atoms with Crippen LogP contribution in [0, 0.1) is 5.92 Å². The smallest absolute Gasteiger partial charge is 0.282 e. The van der Waals surface area contributed by atoms with Crippen molar-refractivity contribution in [3.8, 4) is 5.75 Å². The highest BCUT2D eigenvalue weighted by molar-refractivity contribution is 7.86. The van der Waals surface area contributed by atoms with E-state index in [1.165, 1.54) is 8.61 Å². The fourth-order valence-electron chi connectivity index (χ4n) is 4.77. The predicted octanol–water partition coefficient (Wildman–Crippen LogP) is 1.54. The molecule has 0 aliphatic carbocycles. The number of nitrogens with one attached hydrogen (secondary N) is 1. The molecule has 184 valence electrons. The van der Waals surface area contributed by atoms with Crippen molar-refractivity contribution in [1.82, 2.24) is 13.9 Å². The molecule has 3 aliphatic heterocycles. The maximum absolute atomic E-state index is 13.2. The van der Waals surface area contributed by atoms with Crippen LogP contribution in [0.2, 0.25) is 0 Å². The number of carbonyl (C=O) groups is 1. The molecule has 1 N–H and O–H groups in total. The van der Waals surface area contributed by atoms with Crippen LogP contribution >= 0.6 is 0 Å². The number of ether oxygens (including phenoxy) is 3. The number of benzene rings is 1. The number of carbonyl (C=O) groups excluding carboxylic acids is 1. The fraction of sp³-hybridized carbons (Fsp3) is 0.696. The Morgan fingerprint density at radius 1 is 1.12 bits per heavy atom. The van der Waals surface area contributed by atoms with Gasteiger partial charge in [-0.25, -0.2) is 0 Å². The van der Waals surface area contributed by atoms with E-state index >= 15 is 0 Å². The third kappa shape index (κ3) is 5.86. The van der Waals surface area contributed by atoms with Crippen LogP contribution in [0.3, 0.4) is 0 Å². The van der Waals surface area contributed by atoms with Crippen LogP contribution in [0.25, 0.3) is 0 Å². The third-order valence-electron chi connectivity index (χ3n) is 6.65. The first-order valence-corrected chi connectivity index (χ1v) is 13.3. The molecule has 10 heteroatoms. The summed E-state index contributed by atoms with van der Waals surface area (Å²) < 4.78 is 46.3. The van der Waals surface area contributed by atoms with E-state index in [1.54, 1.807) is 0 Å². The SMILES string of the molecule is CCOc1ccc(CCNC(=O)C2CCCN(S(=O)(=O)N3CCC4(CC3)OCCO4)C2)cc1. The maximum Gasteiger partial charge on any atom is 0.282 e. The molecular weight excluding hydrogens is 446 g/mol. The molecule has 1 unspecified atom stereocenters. The Bertz CT molecular complexity index is 891. The van der Waals surface area contributed by atoms with Crippen LogP contribution in [-0.2, 0) is 30.9 Å². The molecule has 3 fully saturated rings. The first-order chi connectivity index (χ1) is 15.9. The zero-order valence-electron chi connectivity index (χ0n) is 19.3. The molecule has 4 rings (SSSR count). The largest absolute Gasteiger partial charge is 0.494 e. The zero-order chi connectivity index (χ0) is 23.3. The second-order valence-corrected chi connectivity index (χ2v) is 10.8. The minimum atomic E-state index is -3.61. The zero-order valence-corrected chi connectivity index (χ0v) is 20.1. The van der Waals surface area contributed by atoms with Crippen molar-refractivity contribution in [3.63, 3.8) is 0 Å². The Morgan fingerprint density at radius 2 is 1.82 bits per heavy atom. The summed E-state index contributed by atoms with van der Waals surface area (Å²) in [5, 5.41) is 2.99. The maximum atomic E-state index is 13.2. The number of rotatable bonds is 8. The predicted molar refractivity (Wildman–Crippen MR) is 123 cm³/mol. The van der Waals surface area contributed by atoms with Crippen LogP contribution in [0.1, 0.15) is 38.2 Å². The summed E-state index contributed by atoms with van der Waals surface area (Å²) in [6, 6.07) is 7.85. The number of amides is 1. The minimum absolute atomic E-state index is 0.0776. The van der Waals surface area contributed by atoms with Crippen LogP contribution in [0.15, 0.2) is 24.3 Å². The van der Waals surface area contributed by atoms with E-state index < -0.39 is 16.0 Å². The van der Waals surface area contributed by atoms with Gasteiger partial charge in [-0.2, -0.15) is 17.0 Å². The quantitative estimate of drug-likeness (QED) is 0.605. The highest BCUT2D eigenvalue weighted by atomic mass is 32.2. The van der Waals surface area contributed by atoms with Gasteiger partial charge in [0.1, 0.15) is 5.75 Å². The summed E-state index contributed by atoms with van der Waals surface area (Å²) >= 11 is 0. The van der Waals surface area contributed by atoms with Gasteiger partial charge in [0.05, 0.1) is 25.7 Å². The molecule has 0 bridgehead atoms. The second-order valence-electron chi connectivity index (χ2n) is 8.83. The Kier molecular flexibility index (Phi) is 7.91. The van der Waals surface area contributed by atoms with Crippen molar-refractivity contribution in [3.05, 3.63) is 29.8 Å². The molecule has 0 radical (unpaired) electrons. The first-order valence-electron chi connectivity index (χ1n) is 11.9. The van der Waals surface area contributed by atoms with Gasteiger partial charge in [0.2, 0.25) is 5.91 Å². The Balaban J connectivity index is 1.25. The highest BCUT2D eigenvalue weighted by Crippen LogP contribution is 2.33. The van der Waals surface area contributed by atoms with E-state index in [-0.39, 0.29) is 18.4 Å². The van der Waals surface area contributed by atoms with Gasteiger partial charge < -0.3 is 19.5 Å². The molecule has 1 aromatic carbocycles. The monoisotopic (exact) mass is 481 g/mol. The lowest BCUT2D eigenvalue weighted by Gasteiger charge is -2.40. The molecule has 3 heterocycles. The Hall–Kier alpha value is -1.72. The number of hydrogen-bond donors (Lipinski definition) is 1. The van der Waals surface area contributed by atoms with Gasteiger partial charge in [-0.1, -0.05) is 12.1 Å². The van der Waals surface area contributed by atoms with Crippen LogP contribution in [0.5, 0.6) is 5.75 Å². The standard InChI is InChI=1S/C23H35N3O6S/c1-2-30-21-7-5-19(6-8-21)9-12-24-22(27)20-4-3-13-26(18-20)33(28,29)25-14-10-23(11-15-25)31-16-17-32-23/h5-8,20H,2-4,9-18H2,1H3,(H,24,27). The lowest BCUT2D eigenvalue weighted by molar-refractivity contribution is -0.179. The summed E-state index contributed by atoms with van der Waals surface area (Å²) in [5.41, 5.74) is 1.12. The van der Waals surface area contributed by atoms with Crippen LogP contribution in [0.4, 0.5) is 0 Å². The average Bonchev–Trinajstić information content (AvgIpc) is 3.28. The van der Waals surface area contributed by atoms with Crippen molar-refractivity contribution in [1.29, 1.82) is 0 Å².